The lowest BCUT2D eigenvalue weighted by molar-refractivity contribution is -0.149. The summed E-state index contributed by atoms with van der Waals surface area (Å²) in [6, 6.07) is 12.0. The van der Waals surface area contributed by atoms with E-state index in [1.807, 2.05) is 13.0 Å². The van der Waals surface area contributed by atoms with Crippen LogP contribution in [0.5, 0.6) is 11.5 Å². The SMILES string of the molecule is COc1ccc(NC(=O)COC(=O)COc2cc(C)ccc2Cl)cc1. The molecule has 6 nitrogen and oxygen atoms in total. The molecule has 132 valence electrons. The van der Waals surface area contributed by atoms with Crippen molar-refractivity contribution in [3.8, 4) is 11.5 Å². The van der Waals surface area contributed by atoms with Crippen molar-refractivity contribution in [3.63, 3.8) is 0 Å². The van der Waals surface area contributed by atoms with E-state index in [0.29, 0.717) is 22.2 Å². The lowest BCUT2D eigenvalue weighted by Crippen LogP contribution is -2.23. The fourth-order valence-electron chi connectivity index (χ4n) is 1.92. The normalized spacial score (nSPS) is 10.0. The Morgan fingerprint density at radius 2 is 1.80 bits per heavy atom. The molecule has 0 saturated heterocycles. The molecule has 2 aromatic carbocycles. The van der Waals surface area contributed by atoms with Gasteiger partial charge in [-0.05, 0) is 48.9 Å². The Morgan fingerprint density at radius 3 is 2.48 bits per heavy atom. The summed E-state index contributed by atoms with van der Waals surface area (Å²) in [5.41, 5.74) is 1.52. The van der Waals surface area contributed by atoms with Crippen LogP contribution in [0, 0.1) is 6.92 Å². The van der Waals surface area contributed by atoms with Crippen LogP contribution >= 0.6 is 11.6 Å². The third-order valence-electron chi connectivity index (χ3n) is 3.17. The van der Waals surface area contributed by atoms with Gasteiger partial charge >= 0.3 is 5.97 Å². The third-order valence-corrected chi connectivity index (χ3v) is 3.48. The molecule has 0 bridgehead atoms. The second-order valence-corrected chi connectivity index (χ2v) is 5.57. The number of rotatable bonds is 7. The first-order chi connectivity index (χ1) is 12.0. The van der Waals surface area contributed by atoms with Crippen molar-refractivity contribution in [2.45, 2.75) is 6.92 Å². The molecule has 1 amide bonds. The van der Waals surface area contributed by atoms with E-state index in [1.165, 1.54) is 0 Å². The van der Waals surface area contributed by atoms with Gasteiger partial charge in [-0.2, -0.15) is 0 Å². The molecule has 0 heterocycles. The lowest BCUT2D eigenvalue weighted by Gasteiger charge is -2.09. The Balaban J connectivity index is 1.75. The van der Waals surface area contributed by atoms with Gasteiger partial charge in [0, 0.05) is 5.69 Å². The van der Waals surface area contributed by atoms with Crippen LogP contribution in [-0.4, -0.2) is 32.2 Å². The fraction of sp³-hybridized carbons (Fsp3) is 0.222. The topological polar surface area (TPSA) is 73.9 Å². The van der Waals surface area contributed by atoms with Gasteiger partial charge in [-0.3, -0.25) is 4.79 Å². The highest BCUT2D eigenvalue weighted by Gasteiger charge is 2.10. The number of carbonyl (C=O) groups excluding carboxylic acids is 2. The quantitative estimate of drug-likeness (QED) is 0.764. The average Bonchev–Trinajstić information content (AvgIpc) is 2.61. The Bertz CT molecular complexity index is 746. The van der Waals surface area contributed by atoms with E-state index in [2.05, 4.69) is 5.32 Å². The molecule has 0 fully saturated rings. The summed E-state index contributed by atoms with van der Waals surface area (Å²) in [6.45, 7) is 1.14. The van der Waals surface area contributed by atoms with Gasteiger partial charge in [0.2, 0.25) is 0 Å². The maximum atomic E-state index is 11.8. The highest BCUT2D eigenvalue weighted by molar-refractivity contribution is 6.32. The third kappa shape index (κ3) is 6.00. The molecule has 0 unspecified atom stereocenters. The van der Waals surface area contributed by atoms with E-state index in [1.54, 1.807) is 43.5 Å². The van der Waals surface area contributed by atoms with Gasteiger partial charge in [-0.25, -0.2) is 4.79 Å². The Labute approximate surface area is 150 Å². The maximum absolute atomic E-state index is 11.8. The number of hydrogen-bond donors (Lipinski definition) is 1. The van der Waals surface area contributed by atoms with Crippen LogP contribution < -0.4 is 14.8 Å². The van der Waals surface area contributed by atoms with Gasteiger partial charge in [0.15, 0.2) is 13.2 Å². The molecule has 0 atom stereocenters. The number of ether oxygens (including phenoxy) is 3. The highest BCUT2D eigenvalue weighted by Crippen LogP contribution is 2.25. The summed E-state index contributed by atoms with van der Waals surface area (Å²) in [6.07, 6.45) is 0. The van der Waals surface area contributed by atoms with Gasteiger partial charge in [-0.15, -0.1) is 0 Å². The van der Waals surface area contributed by atoms with Crippen molar-refractivity contribution < 1.29 is 23.8 Å². The predicted molar refractivity (Wildman–Crippen MR) is 94.3 cm³/mol. The van der Waals surface area contributed by atoms with Crippen LogP contribution in [0.1, 0.15) is 5.56 Å². The second kappa shape index (κ2) is 8.94. The minimum absolute atomic E-state index is 0.334. The summed E-state index contributed by atoms with van der Waals surface area (Å²) in [5.74, 6) is -0.0488. The van der Waals surface area contributed by atoms with Crippen molar-refractivity contribution in [1.29, 1.82) is 0 Å². The number of carbonyl (C=O) groups is 2. The monoisotopic (exact) mass is 363 g/mol. The van der Waals surface area contributed by atoms with Crippen LogP contribution in [0.25, 0.3) is 0 Å². The van der Waals surface area contributed by atoms with Crippen molar-refractivity contribution in [2.24, 2.45) is 0 Å². The highest BCUT2D eigenvalue weighted by atomic mass is 35.5. The minimum Gasteiger partial charge on any atom is -0.497 e. The van der Waals surface area contributed by atoms with E-state index in [0.717, 1.165) is 5.56 Å². The standard InChI is InChI=1S/C18H18ClNO5/c1-12-3-8-15(19)16(9-12)24-11-18(22)25-10-17(21)20-13-4-6-14(23-2)7-5-13/h3-9H,10-11H2,1-2H3,(H,20,21). The first-order valence-corrected chi connectivity index (χ1v) is 7.84. The number of halogens is 1. The van der Waals surface area contributed by atoms with E-state index in [9.17, 15) is 9.59 Å². The molecule has 2 aromatic rings. The number of amides is 1. The van der Waals surface area contributed by atoms with Gasteiger partial charge in [0.1, 0.15) is 11.5 Å². The first-order valence-electron chi connectivity index (χ1n) is 7.46. The molecule has 2 rings (SSSR count). The number of hydrogen-bond acceptors (Lipinski definition) is 5. The summed E-state index contributed by atoms with van der Waals surface area (Å²) >= 11 is 5.97. The zero-order valence-electron chi connectivity index (χ0n) is 13.9. The minimum atomic E-state index is -0.664. The second-order valence-electron chi connectivity index (χ2n) is 5.16. The van der Waals surface area contributed by atoms with Gasteiger partial charge < -0.3 is 19.5 Å². The van der Waals surface area contributed by atoms with Crippen molar-refractivity contribution in [3.05, 3.63) is 53.1 Å². The van der Waals surface area contributed by atoms with Crippen LogP contribution in [0.2, 0.25) is 5.02 Å². The smallest absolute Gasteiger partial charge is 0.344 e. The van der Waals surface area contributed by atoms with Crippen LogP contribution in [0.4, 0.5) is 5.69 Å². The number of nitrogens with one attached hydrogen (secondary N) is 1. The Morgan fingerprint density at radius 1 is 1.08 bits per heavy atom. The van der Waals surface area contributed by atoms with Crippen LogP contribution in [-0.2, 0) is 14.3 Å². The van der Waals surface area contributed by atoms with Crippen molar-refractivity contribution in [1.82, 2.24) is 0 Å². The molecule has 0 spiro atoms. The zero-order chi connectivity index (χ0) is 18.2. The Kier molecular flexibility index (Phi) is 6.65. The number of methoxy groups -OCH3 is 1. The van der Waals surface area contributed by atoms with E-state index >= 15 is 0 Å². The van der Waals surface area contributed by atoms with E-state index in [-0.39, 0.29) is 6.61 Å². The number of benzene rings is 2. The zero-order valence-corrected chi connectivity index (χ0v) is 14.6. The molecular weight excluding hydrogens is 346 g/mol. The molecule has 25 heavy (non-hydrogen) atoms. The summed E-state index contributed by atoms with van der Waals surface area (Å²) in [7, 11) is 1.55. The number of esters is 1. The molecule has 0 aliphatic heterocycles. The predicted octanol–water partition coefficient (Wildman–Crippen LogP) is 3.22. The van der Waals surface area contributed by atoms with Crippen LogP contribution in [0.15, 0.2) is 42.5 Å². The number of aryl methyl sites for hydroxylation is 1. The molecule has 0 aromatic heterocycles. The molecule has 1 N–H and O–H groups in total. The average molecular weight is 364 g/mol. The van der Waals surface area contributed by atoms with Gasteiger partial charge in [-0.1, -0.05) is 17.7 Å². The number of anilines is 1. The lowest BCUT2D eigenvalue weighted by atomic mass is 10.2. The maximum Gasteiger partial charge on any atom is 0.344 e. The first kappa shape index (κ1) is 18.6. The Hall–Kier alpha value is -2.73. The van der Waals surface area contributed by atoms with Crippen molar-refractivity contribution >= 4 is 29.2 Å². The van der Waals surface area contributed by atoms with E-state index < -0.39 is 18.5 Å². The molecule has 0 radical (unpaired) electrons. The largest absolute Gasteiger partial charge is 0.497 e. The van der Waals surface area contributed by atoms with Crippen LogP contribution in [0.3, 0.4) is 0 Å². The molecule has 0 saturated carbocycles. The fourth-order valence-corrected chi connectivity index (χ4v) is 2.09. The molecule has 7 heteroatoms. The molecule has 0 aliphatic carbocycles. The van der Waals surface area contributed by atoms with Gasteiger partial charge in [0.25, 0.3) is 5.91 Å². The summed E-state index contributed by atoms with van der Waals surface area (Å²) in [4.78, 5) is 23.4. The van der Waals surface area contributed by atoms with Gasteiger partial charge in [0.05, 0.1) is 12.1 Å². The summed E-state index contributed by atoms with van der Waals surface area (Å²) < 4.78 is 15.2. The molecular formula is C18H18ClNO5. The van der Waals surface area contributed by atoms with E-state index in [4.69, 9.17) is 25.8 Å². The molecule has 0 aliphatic rings. The summed E-state index contributed by atoms with van der Waals surface area (Å²) in [5, 5.41) is 3.00. The van der Waals surface area contributed by atoms with Crippen molar-refractivity contribution in [2.75, 3.05) is 25.6 Å².